The second kappa shape index (κ2) is 4.31. The van der Waals surface area contributed by atoms with Crippen LogP contribution in [-0.4, -0.2) is 11.7 Å². The van der Waals surface area contributed by atoms with Crippen molar-refractivity contribution in [1.82, 2.24) is 0 Å². The highest BCUT2D eigenvalue weighted by Crippen LogP contribution is 2.28. The van der Waals surface area contributed by atoms with Crippen LogP contribution in [0.15, 0.2) is 16.6 Å². The maximum absolute atomic E-state index is 11.3. The van der Waals surface area contributed by atoms with E-state index < -0.39 is 0 Å². The van der Waals surface area contributed by atoms with Gasteiger partial charge in [-0.3, -0.25) is 4.79 Å². The predicted octanol–water partition coefficient (Wildman–Crippen LogP) is 3.11. The first-order valence-corrected chi connectivity index (χ1v) is 5.10. The lowest BCUT2D eigenvalue weighted by atomic mass is 10.1. The summed E-state index contributed by atoms with van der Waals surface area (Å²) in [7, 11) is 0. The molecule has 0 spiro atoms. The van der Waals surface area contributed by atoms with Gasteiger partial charge in [0.25, 0.3) is 0 Å². The Bertz CT molecular complexity index is 331. The van der Waals surface area contributed by atoms with Crippen LogP contribution >= 0.6 is 39.1 Å². The number of carbonyl (C=O) groups excluding carboxylic acids is 1. The highest BCUT2D eigenvalue weighted by atomic mass is 79.9. The van der Waals surface area contributed by atoms with E-state index >= 15 is 0 Å². The average Bonchev–Trinajstić information content (AvgIpc) is 2.02. The molecule has 0 aromatic heterocycles. The van der Waals surface area contributed by atoms with E-state index in [1.807, 2.05) is 0 Å². The number of hydrogen-bond donors (Lipinski definition) is 1. The van der Waals surface area contributed by atoms with Crippen molar-refractivity contribution < 1.29 is 4.79 Å². The van der Waals surface area contributed by atoms with Crippen LogP contribution in [0, 0.1) is 0 Å². The van der Waals surface area contributed by atoms with E-state index in [-0.39, 0.29) is 11.7 Å². The molecule has 13 heavy (non-hydrogen) atoms. The maximum atomic E-state index is 11.3. The summed E-state index contributed by atoms with van der Waals surface area (Å²) in [5.74, 6) is -0.313. The number of carbonyl (C=O) groups is 1. The van der Waals surface area contributed by atoms with Crippen molar-refractivity contribution in [2.24, 2.45) is 0 Å². The molecular weight excluding hydrogens is 277 g/mol. The van der Waals surface area contributed by atoms with Gasteiger partial charge in [0.2, 0.25) is 0 Å². The van der Waals surface area contributed by atoms with Gasteiger partial charge >= 0.3 is 0 Å². The van der Waals surface area contributed by atoms with Gasteiger partial charge in [-0.2, -0.15) is 0 Å². The second-order valence-corrected chi connectivity index (χ2v) is 3.97. The van der Waals surface area contributed by atoms with Gasteiger partial charge in [0.1, 0.15) is 0 Å². The molecule has 0 atom stereocenters. The molecular formula is C8H6BrCl2NO. The normalized spacial score (nSPS) is 10.1. The molecule has 1 rings (SSSR count). The standard InChI is InChI=1S/C8H6BrCl2NO/c9-5-1-4(11)2-6(12)8(5)7(13)3-10/h1-2H,3,12H2. The van der Waals surface area contributed by atoms with Gasteiger partial charge < -0.3 is 5.73 Å². The third kappa shape index (κ3) is 2.36. The molecule has 0 aliphatic carbocycles. The van der Waals surface area contributed by atoms with E-state index in [9.17, 15) is 4.79 Å². The molecule has 0 aliphatic heterocycles. The van der Waals surface area contributed by atoms with Crippen molar-refractivity contribution in [2.45, 2.75) is 0 Å². The Labute approximate surface area is 94.1 Å². The first-order valence-electron chi connectivity index (χ1n) is 3.40. The molecule has 0 bridgehead atoms. The third-order valence-electron chi connectivity index (χ3n) is 1.49. The monoisotopic (exact) mass is 281 g/mol. The number of halogens is 3. The molecule has 70 valence electrons. The lowest BCUT2D eigenvalue weighted by Gasteiger charge is -2.05. The molecule has 2 N–H and O–H groups in total. The lowest BCUT2D eigenvalue weighted by Crippen LogP contribution is -2.06. The van der Waals surface area contributed by atoms with Gasteiger partial charge in [0, 0.05) is 15.2 Å². The zero-order chi connectivity index (χ0) is 10.0. The van der Waals surface area contributed by atoms with Crippen LogP contribution in [0.5, 0.6) is 0 Å². The maximum Gasteiger partial charge on any atom is 0.180 e. The Balaban J connectivity index is 3.28. The fraction of sp³-hybridized carbons (Fsp3) is 0.125. The highest BCUT2D eigenvalue weighted by Gasteiger charge is 2.13. The van der Waals surface area contributed by atoms with Gasteiger partial charge in [-0.05, 0) is 28.1 Å². The highest BCUT2D eigenvalue weighted by molar-refractivity contribution is 9.10. The molecule has 0 saturated heterocycles. The SMILES string of the molecule is Nc1cc(Cl)cc(Br)c1C(=O)CCl. The van der Waals surface area contributed by atoms with Crippen LogP contribution in [0.3, 0.4) is 0 Å². The number of ketones is 1. The first-order chi connectivity index (χ1) is 6.06. The number of rotatable bonds is 2. The topological polar surface area (TPSA) is 43.1 Å². The smallest absolute Gasteiger partial charge is 0.180 e. The van der Waals surface area contributed by atoms with Gasteiger partial charge in [-0.25, -0.2) is 0 Å². The summed E-state index contributed by atoms with van der Waals surface area (Å²) in [6, 6.07) is 3.13. The van der Waals surface area contributed by atoms with Crippen LogP contribution < -0.4 is 5.73 Å². The second-order valence-electron chi connectivity index (χ2n) is 2.41. The van der Waals surface area contributed by atoms with Crippen molar-refractivity contribution in [3.8, 4) is 0 Å². The van der Waals surface area contributed by atoms with E-state index in [0.717, 1.165) is 0 Å². The minimum atomic E-state index is -0.220. The Morgan fingerprint density at radius 2 is 2.15 bits per heavy atom. The molecule has 1 aromatic carbocycles. The summed E-state index contributed by atoms with van der Waals surface area (Å²) >= 11 is 14.3. The molecule has 0 unspecified atom stereocenters. The van der Waals surface area contributed by atoms with Crippen LogP contribution in [0.25, 0.3) is 0 Å². The number of Topliss-reactive ketones (excluding diaryl/α,β-unsaturated/α-hetero) is 1. The number of hydrogen-bond acceptors (Lipinski definition) is 2. The summed E-state index contributed by atoms with van der Waals surface area (Å²) < 4.78 is 0.572. The number of nitrogens with two attached hydrogens (primary N) is 1. The molecule has 0 aliphatic rings. The van der Waals surface area contributed by atoms with Gasteiger partial charge in [-0.15, -0.1) is 11.6 Å². The molecule has 0 saturated carbocycles. The average molecular weight is 283 g/mol. The van der Waals surface area contributed by atoms with Crippen molar-refractivity contribution >= 4 is 50.6 Å². The predicted molar refractivity (Wildman–Crippen MR) is 58.6 cm³/mol. The molecule has 0 amide bonds. The zero-order valence-electron chi connectivity index (χ0n) is 6.48. The van der Waals surface area contributed by atoms with Crippen molar-refractivity contribution in [3.05, 3.63) is 27.2 Å². The van der Waals surface area contributed by atoms with E-state index in [1.54, 1.807) is 6.07 Å². The van der Waals surface area contributed by atoms with Gasteiger partial charge in [-0.1, -0.05) is 11.6 Å². The van der Waals surface area contributed by atoms with Crippen LogP contribution in [0.2, 0.25) is 5.02 Å². The number of alkyl halides is 1. The van der Waals surface area contributed by atoms with Gasteiger partial charge in [0.05, 0.1) is 11.4 Å². The summed E-state index contributed by atoms with van der Waals surface area (Å²) in [5, 5.41) is 0.482. The van der Waals surface area contributed by atoms with E-state index in [2.05, 4.69) is 15.9 Å². The summed E-state index contributed by atoms with van der Waals surface area (Å²) in [5.41, 5.74) is 6.33. The minimum absolute atomic E-state index is 0.0928. The van der Waals surface area contributed by atoms with Crippen LogP contribution in [0.4, 0.5) is 5.69 Å². The van der Waals surface area contributed by atoms with E-state index in [4.69, 9.17) is 28.9 Å². The first kappa shape index (κ1) is 10.8. The Morgan fingerprint density at radius 3 is 2.62 bits per heavy atom. The van der Waals surface area contributed by atoms with Crippen LogP contribution in [0.1, 0.15) is 10.4 Å². The molecule has 0 heterocycles. The van der Waals surface area contributed by atoms with Crippen LogP contribution in [-0.2, 0) is 0 Å². The van der Waals surface area contributed by atoms with Crippen molar-refractivity contribution in [3.63, 3.8) is 0 Å². The number of anilines is 1. The molecule has 5 heteroatoms. The largest absolute Gasteiger partial charge is 0.398 e. The molecule has 0 radical (unpaired) electrons. The van der Waals surface area contributed by atoms with Crippen molar-refractivity contribution in [2.75, 3.05) is 11.6 Å². The Hall–Kier alpha value is -0.250. The number of nitrogen functional groups attached to an aromatic ring is 1. The lowest BCUT2D eigenvalue weighted by molar-refractivity contribution is 0.102. The van der Waals surface area contributed by atoms with E-state index in [0.29, 0.717) is 20.7 Å². The fourth-order valence-electron chi connectivity index (χ4n) is 0.954. The Kier molecular flexibility index (Phi) is 3.59. The van der Waals surface area contributed by atoms with Crippen molar-refractivity contribution in [1.29, 1.82) is 0 Å². The summed E-state index contributed by atoms with van der Waals surface area (Å²) in [4.78, 5) is 11.3. The molecule has 0 fully saturated rings. The molecule has 1 aromatic rings. The number of benzene rings is 1. The quantitative estimate of drug-likeness (QED) is 0.515. The van der Waals surface area contributed by atoms with E-state index in [1.165, 1.54) is 6.07 Å². The van der Waals surface area contributed by atoms with Gasteiger partial charge in [0.15, 0.2) is 5.78 Å². The third-order valence-corrected chi connectivity index (χ3v) is 2.57. The summed E-state index contributed by atoms with van der Waals surface area (Å²) in [6.45, 7) is 0. The molecule has 2 nitrogen and oxygen atoms in total. The fourth-order valence-corrected chi connectivity index (χ4v) is 2.14. The minimum Gasteiger partial charge on any atom is -0.398 e. The zero-order valence-corrected chi connectivity index (χ0v) is 9.58. The summed E-state index contributed by atoms with van der Waals surface area (Å²) in [6.07, 6.45) is 0. The Morgan fingerprint density at radius 1 is 1.54 bits per heavy atom.